The number of aryl methyl sites for hydroxylation is 1. The van der Waals surface area contributed by atoms with Crippen LogP contribution in [0.1, 0.15) is 42.7 Å². The minimum atomic E-state index is -0.0662. The molecule has 4 heteroatoms. The van der Waals surface area contributed by atoms with Gasteiger partial charge in [-0.05, 0) is 26.3 Å². The number of amides is 1. The number of hydrogen-bond donors (Lipinski definition) is 0. The lowest BCUT2D eigenvalue weighted by molar-refractivity contribution is 0.0736. The first-order chi connectivity index (χ1) is 7.97. The average Bonchev–Trinajstić information content (AvgIpc) is 2.27. The molecule has 0 radical (unpaired) electrons. The molecule has 0 aliphatic carbocycles. The monoisotopic (exact) mass is 254 g/mol. The minimum Gasteiger partial charge on any atom is -0.339 e. The Balaban J connectivity index is 2.88. The van der Waals surface area contributed by atoms with Crippen LogP contribution in [0, 0.1) is 6.92 Å². The standard InChI is InChI=1S/C13H19ClN2O/c1-5-6-10(3)16(4)13(17)11-8-15-9(2)7-12(11)14/h7-8,10H,5-6H2,1-4H3. The lowest BCUT2D eigenvalue weighted by Crippen LogP contribution is -2.35. The molecule has 0 fully saturated rings. The van der Waals surface area contributed by atoms with Gasteiger partial charge in [0, 0.05) is 25.0 Å². The second kappa shape index (κ2) is 6.01. The summed E-state index contributed by atoms with van der Waals surface area (Å²) >= 11 is 6.06. The molecule has 1 amide bonds. The highest BCUT2D eigenvalue weighted by Crippen LogP contribution is 2.18. The second-order valence-electron chi connectivity index (χ2n) is 4.36. The Labute approximate surface area is 108 Å². The molecule has 1 aromatic heterocycles. The van der Waals surface area contributed by atoms with Crippen molar-refractivity contribution < 1.29 is 4.79 Å². The molecule has 0 aliphatic rings. The second-order valence-corrected chi connectivity index (χ2v) is 4.77. The number of halogens is 1. The summed E-state index contributed by atoms with van der Waals surface area (Å²) in [6, 6.07) is 1.93. The number of carbonyl (C=O) groups excluding carboxylic acids is 1. The molecule has 1 heterocycles. The molecule has 0 saturated carbocycles. The number of aromatic nitrogens is 1. The van der Waals surface area contributed by atoms with Crippen molar-refractivity contribution in [2.45, 2.75) is 39.7 Å². The molecule has 0 saturated heterocycles. The van der Waals surface area contributed by atoms with E-state index in [0.717, 1.165) is 18.5 Å². The molecule has 3 nitrogen and oxygen atoms in total. The Bertz CT molecular complexity index is 406. The van der Waals surface area contributed by atoms with Crippen molar-refractivity contribution in [3.63, 3.8) is 0 Å². The Morgan fingerprint density at radius 2 is 2.24 bits per heavy atom. The van der Waals surface area contributed by atoms with Gasteiger partial charge >= 0.3 is 0 Å². The van der Waals surface area contributed by atoms with Crippen LogP contribution in [0.25, 0.3) is 0 Å². The largest absolute Gasteiger partial charge is 0.339 e. The molecule has 0 aromatic carbocycles. The summed E-state index contributed by atoms with van der Waals surface area (Å²) in [5.41, 5.74) is 1.29. The third kappa shape index (κ3) is 3.43. The lowest BCUT2D eigenvalue weighted by Gasteiger charge is -2.25. The van der Waals surface area contributed by atoms with E-state index in [9.17, 15) is 4.79 Å². The molecule has 0 aliphatic heterocycles. The van der Waals surface area contributed by atoms with Gasteiger partial charge in [0.1, 0.15) is 0 Å². The van der Waals surface area contributed by atoms with Gasteiger partial charge in [-0.25, -0.2) is 0 Å². The summed E-state index contributed by atoms with van der Waals surface area (Å²) in [7, 11) is 1.80. The highest BCUT2D eigenvalue weighted by molar-refractivity contribution is 6.33. The van der Waals surface area contributed by atoms with Crippen molar-refractivity contribution in [3.8, 4) is 0 Å². The Kier molecular flexibility index (Phi) is 4.94. The van der Waals surface area contributed by atoms with Crippen LogP contribution in [0.5, 0.6) is 0 Å². The maximum absolute atomic E-state index is 12.2. The number of hydrogen-bond acceptors (Lipinski definition) is 2. The predicted molar refractivity (Wildman–Crippen MR) is 70.4 cm³/mol. The maximum Gasteiger partial charge on any atom is 0.256 e. The first kappa shape index (κ1) is 14.0. The van der Waals surface area contributed by atoms with Crippen molar-refractivity contribution in [1.29, 1.82) is 0 Å². The van der Waals surface area contributed by atoms with Crippen LogP contribution in [-0.4, -0.2) is 28.9 Å². The van der Waals surface area contributed by atoms with Crippen molar-refractivity contribution in [3.05, 3.63) is 28.5 Å². The molecule has 94 valence electrons. The third-order valence-corrected chi connectivity index (χ3v) is 3.22. The van der Waals surface area contributed by atoms with Crippen molar-refractivity contribution >= 4 is 17.5 Å². The summed E-state index contributed by atoms with van der Waals surface area (Å²) in [6.07, 6.45) is 3.59. The van der Waals surface area contributed by atoms with Crippen LogP contribution in [0.3, 0.4) is 0 Å². The van der Waals surface area contributed by atoms with Crippen LogP contribution in [0.2, 0.25) is 5.02 Å². The van der Waals surface area contributed by atoms with Crippen LogP contribution >= 0.6 is 11.6 Å². The van der Waals surface area contributed by atoms with Gasteiger partial charge in [0.05, 0.1) is 10.6 Å². The fraction of sp³-hybridized carbons (Fsp3) is 0.538. The fourth-order valence-corrected chi connectivity index (χ4v) is 1.97. The molecule has 1 rings (SSSR count). The van der Waals surface area contributed by atoms with E-state index >= 15 is 0 Å². The number of pyridine rings is 1. The molecule has 1 atom stereocenters. The fourth-order valence-electron chi connectivity index (χ4n) is 1.69. The first-order valence-electron chi connectivity index (χ1n) is 5.86. The van der Waals surface area contributed by atoms with E-state index in [2.05, 4.69) is 11.9 Å². The molecule has 17 heavy (non-hydrogen) atoms. The van der Waals surface area contributed by atoms with Gasteiger partial charge in [0.25, 0.3) is 5.91 Å². The van der Waals surface area contributed by atoms with E-state index in [0.29, 0.717) is 10.6 Å². The SMILES string of the molecule is CCCC(C)N(C)C(=O)c1cnc(C)cc1Cl. The van der Waals surface area contributed by atoms with Crippen LogP contribution in [-0.2, 0) is 0 Å². The Hall–Kier alpha value is -1.09. The molecule has 0 spiro atoms. The number of nitrogens with zero attached hydrogens (tertiary/aromatic N) is 2. The smallest absolute Gasteiger partial charge is 0.256 e. The van der Waals surface area contributed by atoms with Gasteiger partial charge in [0.2, 0.25) is 0 Å². The average molecular weight is 255 g/mol. The molecular weight excluding hydrogens is 236 g/mol. The van der Waals surface area contributed by atoms with E-state index in [1.165, 1.54) is 0 Å². The zero-order valence-corrected chi connectivity index (χ0v) is 11.6. The van der Waals surface area contributed by atoms with E-state index in [4.69, 9.17) is 11.6 Å². The lowest BCUT2D eigenvalue weighted by atomic mass is 10.1. The van der Waals surface area contributed by atoms with Gasteiger partial charge in [-0.3, -0.25) is 9.78 Å². The molecule has 0 bridgehead atoms. The zero-order chi connectivity index (χ0) is 13.0. The van der Waals surface area contributed by atoms with Crippen molar-refractivity contribution in [2.75, 3.05) is 7.05 Å². The maximum atomic E-state index is 12.2. The zero-order valence-electron chi connectivity index (χ0n) is 10.8. The summed E-state index contributed by atoms with van der Waals surface area (Å²) in [4.78, 5) is 18.0. The van der Waals surface area contributed by atoms with Gasteiger partial charge in [-0.15, -0.1) is 0 Å². The summed E-state index contributed by atoms with van der Waals surface area (Å²) in [6.45, 7) is 6.00. The highest BCUT2D eigenvalue weighted by atomic mass is 35.5. The van der Waals surface area contributed by atoms with Gasteiger partial charge in [-0.1, -0.05) is 24.9 Å². The number of carbonyl (C=O) groups is 1. The quantitative estimate of drug-likeness (QED) is 0.826. The van der Waals surface area contributed by atoms with Crippen molar-refractivity contribution in [2.24, 2.45) is 0 Å². The summed E-state index contributed by atoms with van der Waals surface area (Å²) in [5.74, 6) is -0.0662. The Morgan fingerprint density at radius 1 is 1.59 bits per heavy atom. The van der Waals surface area contributed by atoms with E-state index in [-0.39, 0.29) is 11.9 Å². The van der Waals surface area contributed by atoms with Gasteiger partial charge in [-0.2, -0.15) is 0 Å². The molecular formula is C13H19ClN2O. The van der Waals surface area contributed by atoms with Gasteiger partial charge in [0.15, 0.2) is 0 Å². The van der Waals surface area contributed by atoms with Gasteiger partial charge < -0.3 is 4.90 Å². The first-order valence-corrected chi connectivity index (χ1v) is 6.24. The van der Waals surface area contributed by atoms with E-state index < -0.39 is 0 Å². The van der Waals surface area contributed by atoms with Crippen LogP contribution in [0.4, 0.5) is 0 Å². The van der Waals surface area contributed by atoms with E-state index in [1.54, 1.807) is 24.2 Å². The van der Waals surface area contributed by atoms with Crippen molar-refractivity contribution in [1.82, 2.24) is 9.88 Å². The molecule has 1 unspecified atom stereocenters. The van der Waals surface area contributed by atoms with Crippen LogP contribution in [0.15, 0.2) is 12.3 Å². The normalized spacial score (nSPS) is 12.3. The minimum absolute atomic E-state index is 0.0662. The predicted octanol–water partition coefficient (Wildman–Crippen LogP) is 3.30. The Morgan fingerprint density at radius 3 is 2.76 bits per heavy atom. The highest BCUT2D eigenvalue weighted by Gasteiger charge is 2.19. The molecule has 1 aromatic rings. The topological polar surface area (TPSA) is 33.2 Å². The number of rotatable bonds is 4. The van der Waals surface area contributed by atoms with E-state index in [1.807, 2.05) is 13.8 Å². The summed E-state index contributed by atoms with van der Waals surface area (Å²) < 4.78 is 0. The third-order valence-electron chi connectivity index (χ3n) is 2.91. The van der Waals surface area contributed by atoms with Crippen LogP contribution < -0.4 is 0 Å². The summed E-state index contributed by atoms with van der Waals surface area (Å²) in [5, 5.41) is 0.470. The molecule has 0 N–H and O–H groups in total.